The summed E-state index contributed by atoms with van der Waals surface area (Å²) in [6.45, 7) is 0.469. The second-order valence-electron chi connectivity index (χ2n) is 7.99. The first-order valence-electron chi connectivity index (χ1n) is 10.8. The van der Waals surface area contributed by atoms with E-state index in [9.17, 15) is 13.2 Å². The van der Waals surface area contributed by atoms with Crippen LogP contribution >= 0.6 is 11.6 Å². The normalized spacial score (nSPS) is 16.1. The van der Waals surface area contributed by atoms with Crippen LogP contribution in [0.5, 0.6) is 0 Å². The molecule has 10 heteroatoms. The highest BCUT2D eigenvalue weighted by molar-refractivity contribution is 7.92. The molecule has 0 saturated heterocycles. The van der Waals surface area contributed by atoms with E-state index in [0.29, 0.717) is 28.8 Å². The van der Waals surface area contributed by atoms with E-state index in [2.05, 4.69) is 15.0 Å². The Balaban J connectivity index is 1.62. The number of benzene rings is 3. The summed E-state index contributed by atoms with van der Waals surface area (Å²) in [5.41, 5.74) is 3.59. The number of guanidine groups is 1. The van der Waals surface area contributed by atoms with E-state index in [4.69, 9.17) is 16.7 Å². The van der Waals surface area contributed by atoms with Crippen molar-refractivity contribution in [2.45, 2.75) is 5.92 Å². The molecule has 1 heterocycles. The highest BCUT2D eigenvalue weighted by Gasteiger charge is 2.32. The number of carbonyl (C=O) groups is 1. The summed E-state index contributed by atoms with van der Waals surface area (Å²) in [6, 6.07) is 23.5. The molecule has 0 radical (unpaired) electrons. The third-order valence-electron chi connectivity index (χ3n) is 5.39. The molecule has 1 amide bonds. The Labute approximate surface area is 209 Å². The van der Waals surface area contributed by atoms with Gasteiger partial charge in [-0.05, 0) is 47.5 Å². The van der Waals surface area contributed by atoms with E-state index >= 15 is 0 Å². The lowest BCUT2D eigenvalue weighted by atomic mass is 9.90. The van der Waals surface area contributed by atoms with E-state index in [1.54, 1.807) is 48.5 Å². The van der Waals surface area contributed by atoms with Crippen molar-refractivity contribution in [3.05, 3.63) is 101 Å². The van der Waals surface area contributed by atoms with Gasteiger partial charge in [-0.15, -0.1) is 0 Å². The smallest absolute Gasteiger partial charge is 0.258 e. The van der Waals surface area contributed by atoms with Crippen LogP contribution in [0.1, 0.15) is 27.4 Å². The van der Waals surface area contributed by atoms with Gasteiger partial charge in [-0.25, -0.2) is 13.4 Å². The molecule has 0 saturated carbocycles. The van der Waals surface area contributed by atoms with Gasteiger partial charge in [-0.1, -0.05) is 54.1 Å². The fourth-order valence-electron chi connectivity index (χ4n) is 3.78. The number of nitrogens with zero attached hydrogens (tertiary/aromatic N) is 3. The number of hydrogen-bond donors (Lipinski definition) is 2. The standard InChI is InChI=1S/C25H24ClN5O3S/c1-27-25(28-24(32)19-8-12-20(26)13-9-19)31-16-22(17-6-4-3-5-7-17)23(29-31)18-10-14-21(15-11-18)30-35(2,33)34/h3-15,22,30H,16H2,1-2H3,(H,27,28,32). The lowest BCUT2D eigenvalue weighted by Crippen LogP contribution is -2.41. The van der Waals surface area contributed by atoms with Gasteiger partial charge in [0.15, 0.2) is 0 Å². The maximum absolute atomic E-state index is 12.8. The number of rotatable bonds is 5. The van der Waals surface area contributed by atoms with Crippen molar-refractivity contribution in [2.75, 3.05) is 24.6 Å². The predicted octanol–water partition coefficient (Wildman–Crippen LogP) is 3.93. The Morgan fingerprint density at radius 2 is 1.69 bits per heavy atom. The molecule has 1 atom stereocenters. The Kier molecular flexibility index (Phi) is 7.18. The molecule has 1 aliphatic heterocycles. The zero-order valence-corrected chi connectivity index (χ0v) is 20.7. The number of halogens is 1. The number of anilines is 1. The van der Waals surface area contributed by atoms with Crippen molar-refractivity contribution < 1.29 is 13.2 Å². The maximum atomic E-state index is 12.8. The van der Waals surface area contributed by atoms with Crippen LogP contribution in [0.15, 0.2) is 89.0 Å². The van der Waals surface area contributed by atoms with Crippen LogP contribution in [0, 0.1) is 0 Å². The summed E-state index contributed by atoms with van der Waals surface area (Å²) in [5, 5.41) is 9.85. The predicted molar refractivity (Wildman–Crippen MR) is 140 cm³/mol. The molecule has 8 nitrogen and oxygen atoms in total. The zero-order chi connectivity index (χ0) is 25.0. The molecule has 1 aliphatic rings. The van der Waals surface area contributed by atoms with Gasteiger partial charge in [0.05, 0.1) is 18.5 Å². The van der Waals surface area contributed by atoms with Gasteiger partial charge >= 0.3 is 0 Å². The molecule has 180 valence electrons. The monoisotopic (exact) mass is 509 g/mol. The van der Waals surface area contributed by atoms with E-state index < -0.39 is 10.0 Å². The molecule has 2 N–H and O–H groups in total. The van der Waals surface area contributed by atoms with Crippen molar-refractivity contribution in [2.24, 2.45) is 10.1 Å². The van der Waals surface area contributed by atoms with Crippen molar-refractivity contribution in [3.63, 3.8) is 0 Å². The molecule has 0 bridgehead atoms. The first-order valence-corrected chi connectivity index (χ1v) is 13.0. The van der Waals surface area contributed by atoms with Gasteiger partial charge in [0.25, 0.3) is 5.91 Å². The van der Waals surface area contributed by atoms with E-state index in [1.165, 1.54) is 0 Å². The first kappa shape index (κ1) is 24.4. The minimum Gasteiger partial charge on any atom is -0.291 e. The van der Waals surface area contributed by atoms with Crippen molar-refractivity contribution in [1.29, 1.82) is 0 Å². The SMILES string of the molecule is CN=C(NC(=O)c1ccc(Cl)cc1)N1CC(c2ccccc2)C(c2ccc(NS(C)(=O)=O)cc2)=N1. The molecule has 0 fully saturated rings. The van der Waals surface area contributed by atoms with E-state index in [-0.39, 0.29) is 11.8 Å². The minimum absolute atomic E-state index is 0.0888. The number of amides is 1. The Bertz CT molecular complexity index is 1370. The highest BCUT2D eigenvalue weighted by Crippen LogP contribution is 2.29. The van der Waals surface area contributed by atoms with Crippen molar-refractivity contribution in [3.8, 4) is 0 Å². The summed E-state index contributed by atoms with van der Waals surface area (Å²) in [5.74, 6) is -0.0938. The average molecular weight is 510 g/mol. The highest BCUT2D eigenvalue weighted by atomic mass is 35.5. The van der Waals surface area contributed by atoms with Crippen LogP contribution in [0.4, 0.5) is 5.69 Å². The number of hydrazone groups is 1. The van der Waals surface area contributed by atoms with Gasteiger partial charge in [-0.2, -0.15) is 5.10 Å². The summed E-state index contributed by atoms with van der Waals surface area (Å²) < 4.78 is 25.5. The van der Waals surface area contributed by atoms with Gasteiger partial charge in [0, 0.05) is 29.2 Å². The zero-order valence-electron chi connectivity index (χ0n) is 19.1. The summed E-state index contributed by atoms with van der Waals surface area (Å²) in [4.78, 5) is 17.0. The summed E-state index contributed by atoms with van der Waals surface area (Å²) >= 11 is 5.93. The molecular weight excluding hydrogens is 486 g/mol. The number of sulfonamides is 1. The number of nitrogens with one attached hydrogen (secondary N) is 2. The van der Waals surface area contributed by atoms with Crippen LogP contribution in [0.2, 0.25) is 5.02 Å². The molecular formula is C25H24ClN5O3S. The molecule has 0 aliphatic carbocycles. The minimum atomic E-state index is -3.37. The fourth-order valence-corrected chi connectivity index (χ4v) is 4.47. The lowest BCUT2D eigenvalue weighted by molar-refractivity contribution is 0.0972. The van der Waals surface area contributed by atoms with Crippen LogP contribution in [-0.4, -0.2) is 50.9 Å². The fraction of sp³-hybridized carbons (Fsp3) is 0.160. The molecule has 3 aromatic carbocycles. The van der Waals surface area contributed by atoms with E-state index in [1.807, 2.05) is 42.5 Å². The molecule has 0 spiro atoms. The van der Waals surface area contributed by atoms with E-state index in [0.717, 1.165) is 23.1 Å². The van der Waals surface area contributed by atoms with Crippen LogP contribution in [0.3, 0.4) is 0 Å². The van der Waals surface area contributed by atoms with Crippen LogP contribution in [-0.2, 0) is 10.0 Å². The largest absolute Gasteiger partial charge is 0.291 e. The third-order valence-corrected chi connectivity index (χ3v) is 6.25. The van der Waals surface area contributed by atoms with Crippen molar-refractivity contribution in [1.82, 2.24) is 10.3 Å². The topological polar surface area (TPSA) is 103 Å². The van der Waals surface area contributed by atoms with Crippen molar-refractivity contribution >= 4 is 44.9 Å². The van der Waals surface area contributed by atoms with Gasteiger partial charge in [0.2, 0.25) is 16.0 Å². The maximum Gasteiger partial charge on any atom is 0.258 e. The number of hydrogen-bond acceptors (Lipinski definition) is 5. The average Bonchev–Trinajstić information content (AvgIpc) is 3.28. The Morgan fingerprint density at radius 3 is 2.29 bits per heavy atom. The number of aliphatic imine (C=N–C) groups is 1. The quantitative estimate of drug-likeness (QED) is 0.401. The van der Waals surface area contributed by atoms with Crippen LogP contribution < -0.4 is 10.0 Å². The van der Waals surface area contributed by atoms with Gasteiger partial charge < -0.3 is 0 Å². The molecule has 4 rings (SSSR count). The molecule has 35 heavy (non-hydrogen) atoms. The molecule has 1 unspecified atom stereocenters. The Morgan fingerprint density at radius 1 is 1.03 bits per heavy atom. The summed E-state index contributed by atoms with van der Waals surface area (Å²) in [7, 11) is -1.78. The van der Waals surface area contributed by atoms with Gasteiger partial charge in [0.1, 0.15) is 0 Å². The third kappa shape index (κ3) is 6.06. The van der Waals surface area contributed by atoms with Crippen LogP contribution in [0.25, 0.3) is 0 Å². The summed E-state index contributed by atoms with van der Waals surface area (Å²) in [6.07, 6.45) is 1.11. The molecule has 3 aromatic rings. The van der Waals surface area contributed by atoms with Gasteiger partial charge in [-0.3, -0.25) is 19.8 Å². The number of carbonyl (C=O) groups excluding carboxylic acids is 1. The second-order valence-corrected chi connectivity index (χ2v) is 10.2. The lowest BCUT2D eigenvalue weighted by Gasteiger charge is -2.18. The second kappa shape index (κ2) is 10.3. The Hall–Kier alpha value is -3.69. The first-order chi connectivity index (χ1) is 16.7. The molecule has 0 aromatic heterocycles.